The molecule has 3 rings (SSSR count). The number of fused-ring (bicyclic) bond motifs is 1. The molecular formula is C18H19N5O7S2. The first-order valence-corrected chi connectivity index (χ1v) is 10.9. The van der Waals surface area contributed by atoms with Crippen molar-refractivity contribution in [1.82, 2.24) is 15.2 Å². The molecule has 0 aliphatic carbocycles. The first-order chi connectivity index (χ1) is 15.1. The fourth-order valence-electron chi connectivity index (χ4n) is 3.20. The SMILES string of the molecule is C/C=C(/C)C(=O)OCC1=C(C(=O)O)N2C(=O)C[C@@H]2SC1(NC(=O)/C=N\O)c1csc(N)n1. The maximum atomic E-state index is 12.4. The lowest BCUT2D eigenvalue weighted by Gasteiger charge is -2.51. The Morgan fingerprint density at radius 3 is 2.75 bits per heavy atom. The van der Waals surface area contributed by atoms with Gasteiger partial charge in [0.2, 0.25) is 5.91 Å². The number of amides is 2. The summed E-state index contributed by atoms with van der Waals surface area (Å²) >= 11 is 2.09. The van der Waals surface area contributed by atoms with Crippen LogP contribution in [0.1, 0.15) is 26.0 Å². The topological polar surface area (TPSA) is 185 Å². The smallest absolute Gasteiger partial charge is 0.352 e. The van der Waals surface area contributed by atoms with Crippen molar-refractivity contribution in [2.24, 2.45) is 5.16 Å². The van der Waals surface area contributed by atoms with Crippen LogP contribution in [-0.4, -0.2) is 62.1 Å². The Kier molecular flexibility index (Phi) is 6.55. The zero-order valence-corrected chi connectivity index (χ0v) is 18.5. The monoisotopic (exact) mass is 481 g/mol. The number of aromatic nitrogens is 1. The number of esters is 1. The van der Waals surface area contributed by atoms with Crippen molar-refractivity contribution in [2.45, 2.75) is 30.5 Å². The second-order valence-electron chi connectivity index (χ2n) is 6.71. The van der Waals surface area contributed by atoms with Crippen LogP contribution < -0.4 is 11.1 Å². The molecule has 0 spiro atoms. The molecule has 0 radical (unpaired) electrons. The minimum absolute atomic E-state index is 0.0253. The summed E-state index contributed by atoms with van der Waals surface area (Å²) in [5, 5.41) is 25.1. The molecule has 0 bridgehead atoms. The van der Waals surface area contributed by atoms with E-state index in [1.807, 2.05) is 0 Å². The van der Waals surface area contributed by atoms with E-state index in [0.717, 1.165) is 28.0 Å². The summed E-state index contributed by atoms with van der Waals surface area (Å²) in [5.74, 6) is -3.46. The summed E-state index contributed by atoms with van der Waals surface area (Å²) in [6.07, 6.45) is 2.13. The minimum Gasteiger partial charge on any atom is -0.477 e. The van der Waals surface area contributed by atoms with Gasteiger partial charge in [0, 0.05) is 16.5 Å². The number of hydrogen-bond acceptors (Lipinski definition) is 11. The Morgan fingerprint density at radius 1 is 1.50 bits per heavy atom. The molecular weight excluding hydrogens is 462 g/mol. The summed E-state index contributed by atoms with van der Waals surface area (Å²) in [6, 6.07) is 0. The predicted molar refractivity (Wildman–Crippen MR) is 115 cm³/mol. The average Bonchev–Trinajstić information content (AvgIpc) is 3.17. The van der Waals surface area contributed by atoms with E-state index in [4.69, 9.17) is 15.7 Å². The second kappa shape index (κ2) is 9.00. The van der Waals surface area contributed by atoms with Crippen LogP contribution in [0.2, 0.25) is 0 Å². The van der Waals surface area contributed by atoms with Gasteiger partial charge in [-0.25, -0.2) is 14.6 Å². The summed E-state index contributed by atoms with van der Waals surface area (Å²) in [7, 11) is 0. The fourth-order valence-corrected chi connectivity index (χ4v) is 5.53. The molecule has 0 aromatic carbocycles. The van der Waals surface area contributed by atoms with Crippen LogP contribution >= 0.6 is 23.1 Å². The van der Waals surface area contributed by atoms with E-state index in [1.165, 1.54) is 18.4 Å². The van der Waals surface area contributed by atoms with Gasteiger partial charge in [0.25, 0.3) is 5.91 Å². The van der Waals surface area contributed by atoms with Crippen molar-refractivity contribution in [3.8, 4) is 0 Å². The van der Waals surface area contributed by atoms with Crippen molar-refractivity contribution < 1.29 is 34.2 Å². The standard InChI is InChI=1S/C18H19N5O7S2/c1-3-8(2)16(28)30-6-9-14(15(26)27)23-12(25)4-13(23)32-18(9,22-11(24)5-20-29)10-7-31-17(19)21-10/h3,5,7,13,29H,4,6H2,1-2H3,(H2,19,21)(H,22,24)(H,26,27)/b8-3-,20-5-/t13-,18?/m0/s1. The van der Waals surface area contributed by atoms with E-state index in [-0.39, 0.29) is 28.4 Å². The molecule has 170 valence electrons. The number of anilines is 1. The normalized spacial score (nSPS) is 23.1. The molecule has 14 heteroatoms. The van der Waals surface area contributed by atoms with Crippen LogP contribution in [-0.2, 0) is 28.8 Å². The quantitative estimate of drug-likeness (QED) is 0.107. The van der Waals surface area contributed by atoms with Crippen LogP contribution in [0.15, 0.2) is 33.5 Å². The molecule has 12 nitrogen and oxygen atoms in total. The summed E-state index contributed by atoms with van der Waals surface area (Å²) in [6.45, 7) is 2.59. The molecule has 1 saturated heterocycles. The largest absolute Gasteiger partial charge is 0.477 e. The fraction of sp³-hybridized carbons (Fsp3) is 0.333. The van der Waals surface area contributed by atoms with E-state index >= 15 is 0 Å². The van der Waals surface area contributed by atoms with Crippen molar-refractivity contribution in [1.29, 1.82) is 0 Å². The van der Waals surface area contributed by atoms with E-state index in [9.17, 15) is 24.3 Å². The first-order valence-electron chi connectivity index (χ1n) is 9.12. The Hall–Kier alpha value is -3.39. The van der Waals surface area contributed by atoms with E-state index < -0.39 is 46.3 Å². The van der Waals surface area contributed by atoms with Gasteiger partial charge < -0.3 is 26.1 Å². The maximum Gasteiger partial charge on any atom is 0.352 e. The molecule has 1 unspecified atom stereocenters. The molecule has 2 aliphatic heterocycles. The first kappa shape index (κ1) is 23.3. The van der Waals surface area contributed by atoms with Gasteiger partial charge in [-0.3, -0.25) is 14.5 Å². The van der Waals surface area contributed by atoms with Gasteiger partial charge in [-0.1, -0.05) is 23.0 Å². The number of aliphatic carboxylic acids is 1. The Morgan fingerprint density at radius 2 is 2.22 bits per heavy atom. The van der Waals surface area contributed by atoms with E-state index in [0.29, 0.717) is 6.21 Å². The number of nitrogens with two attached hydrogens (primary N) is 1. The highest BCUT2D eigenvalue weighted by Crippen LogP contribution is 2.54. The van der Waals surface area contributed by atoms with Crippen LogP contribution in [0.4, 0.5) is 5.13 Å². The van der Waals surface area contributed by atoms with Crippen molar-refractivity contribution in [3.63, 3.8) is 0 Å². The molecule has 5 N–H and O–H groups in total. The number of rotatable bonds is 7. The number of carbonyl (C=O) groups excluding carboxylic acids is 3. The van der Waals surface area contributed by atoms with Crippen LogP contribution in [0.5, 0.6) is 0 Å². The molecule has 2 aliphatic rings. The number of hydrogen-bond donors (Lipinski definition) is 4. The van der Waals surface area contributed by atoms with Crippen molar-refractivity contribution in [2.75, 3.05) is 12.3 Å². The number of thioether (sulfide) groups is 1. The third kappa shape index (κ3) is 4.05. The number of thiazole rings is 1. The highest BCUT2D eigenvalue weighted by atomic mass is 32.2. The number of nitrogen functional groups attached to an aromatic ring is 1. The Balaban J connectivity index is 2.21. The number of carbonyl (C=O) groups is 4. The van der Waals surface area contributed by atoms with Gasteiger partial charge in [0.15, 0.2) is 10.0 Å². The third-order valence-electron chi connectivity index (χ3n) is 4.83. The van der Waals surface area contributed by atoms with Gasteiger partial charge in [-0.2, -0.15) is 0 Å². The Bertz CT molecular complexity index is 1080. The zero-order valence-electron chi connectivity index (χ0n) is 16.9. The summed E-state index contributed by atoms with van der Waals surface area (Å²) in [5.41, 5.74) is 5.72. The molecule has 0 saturated carbocycles. The van der Waals surface area contributed by atoms with Crippen LogP contribution in [0.25, 0.3) is 0 Å². The van der Waals surface area contributed by atoms with Crippen molar-refractivity contribution >= 4 is 58.2 Å². The molecule has 1 aromatic heterocycles. The van der Waals surface area contributed by atoms with Gasteiger partial charge in [0.1, 0.15) is 18.5 Å². The Labute approximate surface area is 189 Å². The minimum atomic E-state index is -1.66. The summed E-state index contributed by atoms with van der Waals surface area (Å²) in [4.78, 5) is 52.8. The van der Waals surface area contributed by atoms with E-state index in [2.05, 4.69) is 15.5 Å². The molecule has 3 heterocycles. The number of allylic oxidation sites excluding steroid dienone is 1. The van der Waals surface area contributed by atoms with Crippen molar-refractivity contribution in [3.05, 3.63) is 34.0 Å². The van der Waals surface area contributed by atoms with Gasteiger partial charge in [-0.15, -0.1) is 11.3 Å². The third-order valence-corrected chi connectivity index (χ3v) is 7.07. The summed E-state index contributed by atoms with van der Waals surface area (Å²) < 4.78 is 5.31. The lowest BCUT2D eigenvalue weighted by Crippen LogP contribution is -2.61. The molecule has 1 aromatic rings. The zero-order chi connectivity index (χ0) is 23.6. The lowest BCUT2D eigenvalue weighted by molar-refractivity contribution is -0.146. The molecule has 2 atom stereocenters. The second-order valence-corrected chi connectivity index (χ2v) is 8.99. The number of oxime groups is 1. The molecule has 2 amide bonds. The van der Waals surface area contributed by atoms with Gasteiger partial charge in [-0.05, 0) is 13.8 Å². The highest BCUT2D eigenvalue weighted by molar-refractivity contribution is 8.01. The maximum absolute atomic E-state index is 12.4. The average molecular weight is 482 g/mol. The van der Waals surface area contributed by atoms with Crippen LogP contribution in [0, 0.1) is 0 Å². The number of nitrogens with one attached hydrogen (secondary N) is 1. The highest BCUT2D eigenvalue weighted by Gasteiger charge is 2.57. The predicted octanol–water partition coefficient (Wildman–Crippen LogP) is 0.608. The molecule has 32 heavy (non-hydrogen) atoms. The number of carboxylic acids is 1. The van der Waals surface area contributed by atoms with Gasteiger partial charge >= 0.3 is 11.9 Å². The van der Waals surface area contributed by atoms with Crippen LogP contribution in [0.3, 0.4) is 0 Å². The van der Waals surface area contributed by atoms with Gasteiger partial charge in [0.05, 0.1) is 17.5 Å². The van der Waals surface area contributed by atoms with E-state index in [1.54, 1.807) is 6.92 Å². The lowest BCUT2D eigenvalue weighted by atomic mass is 9.97. The number of β-lactam (4-membered cyclic amide) rings is 1. The number of nitrogens with zero attached hydrogens (tertiary/aromatic N) is 3. The number of carboxylic acid groups (broad SMARTS) is 1. The molecule has 1 fully saturated rings. The number of ether oxygens (including phenoxy) is 1.